The summed E-state index contributed by atoms with van der Waals surface area (Å²) >= 11 is 0. The van der Waals surface area contributed by atoms with Crippen molar-refractivity contribution in [3.63, 3.8) is 0 Å². The van der Waals surface area contributed by atoms with Gasteiger partial charge >= 0.3 is 0 Å². The number of fused-ring (bicyclic) bond motifs is 2. The number of hydrogen-bond acceptors (Lipinski definition) is 4. The van der Waals surface area contributed by atoms with Gasteiger partial charge in [-0.2, -0.15) is 0 Å². The zero-order valence-electron chi connectivity index (χ0n) is 14.6. The molecule has 0 N–H and O–H groups in total. The Bertz CT molecular complexity index is 934. The smallest absolute Gasteiger partial charge is 0.227 e. The fourth-order valence-corrected chi connectivity index (χ4v) is 6.32. The number of likely N-dealkylation sites (N-methyl/N-ethyl adjacent to an activating group) is 1. The predicted octanol–water partition coefficient (Wildman–Crippen LogP) is 0.660. The Morgan fingerprint density at radius 1 is 1.12 bits per heavy atom. The van der Waals surface area contributed by atoms with Crippen LogP contribution in [0.4, 0.5) is 0 Å². The summed E-state index contributed by atoms with van der Waals surface area (Å²) in [6.45, 7) is 1.31. The zero-order chi connectivity index (χ0) is 17.8. The third-order valence-electron chi connectivity index (χ3n) is 5.60. The average Bonchev–Trinajstić information content (AvgIpc) is 3.05. The molecule has 1 aromatic heterocycles. The summed E-state index contributed by atoms with van der Waals surface area (Å²) in [5, 5.41) is 1.09. The molecule has 2 saturated heterocycles. The van der Waals surface area contributed by atoms with E-state index in [1.807, 2.05) is 49.1 Å². The standard InChI is InChI=1S/C18H23N3O3S/c1-19-7-8-21(17-12-25(23,24)11-16(17)19)18(22)9-13-10-20(2)15-6-4-3-5-14(13)15/h3-6,10,16-17H,7-9,11-12H2,1-2H3/t16-,17+/m1/s1. The fraction of sp³-hybridized carbons (Fsp3) is 0.500. The van der Waals surface area contributed by atoms with E-state index >= 15 is 0 Å². The minimum Gasteiger partial charge on any atom is -0.350 e. The molecule has 0 spiro atoms. The summed E-state index contributed by atoms with van der Waals surface area (Å²) < 4.78 is 26.2. The van der Waals surface area contributed by atoms with Gasteiger partial charge in [0.25, 0.3) is 0 Å². The summed E-state index contributed by atoms with van der Waals surface area (Å²) in [7, 11) is 0.856. The molecule has 1 aromatic carbocycles. The van der Waals surface area contributed by atoms with Crippen LogP contribution >= 0.6 is 0 Å². The molecule has 25 heavy (non-hydrogen) atoms. The average molecular weight is 361 g/mol. The molecule has 3 heterocycles. The van der Waals surface area contributed by atoms with Crippen LogP contribution in [0.25, 0.3) is 10.9 Å². The van der Waals surface area contributed by atoms with E-state index in [0.717, 1.165) is 23.0 Å². The van der Waals surface area contributed by atoms with E-state index in [9.17, 15) is 13.2 Å². The van der Waals surface area contributed by atoms with Crippen LogP contribution in [0.1, 0.15) is 5.56 Å². The molecule has 4 rings (SSSR count). The number of carbonyl (C=O) groups is 1. The number of piperazine rings is 1. The van der Waals surface area contributed by atoms with Gasteiger partial charge in [-0.05, 0) is 18.7 Å². The van der Waals surface area contributed by atoms with E-state index in [1.54, 1.807) is 4.90 Å². The lowest BCUT2D eigenvalue weighted by atomic mass is 10.0. The third kappa shape index (κ3) is 2.85. The van der Waals surface area contributed by atoms with Gasteiger partial charge in [-0.15, -0.1) is 0 Å². The van der Waals surface area contributed by atoms with Crippen molar-refractivity contribution in [3.8, 4) is 0 Å². The minimum atomic E-state index is -3.07. The molecule has 2 aliphatic heterocycles. The van der Waals surface area contributed by atoms with Crippen molar-refractivity contribution in [3.05, 3.63) is 36.0 Å². The highest BCUT2D eigenvalue weighted by Crippen LogP contribution is 2.27. The van der Waals surface area contributed by atoms with Crippen LogP contribution in [0.2, 0.25) is 0 Å². The first-order valence-corrected chi connectivity index (χ1v) is 10.4. The van der Waals surface area contributed by atoms with Gasteiger partial charge in [0.2, 0.25) is 5.91 Å². The third-order valence-corrected chi connectivity index (χ3v) is 7.29. The highest BCUT2D eigenvalue weighted by molar-refractivity contribution is 7.91. The molecule has 0 aliphatic carbocycles. The summed E-state index contributed by atoms with van der Waals surface area (Å²) in [6.07, 6.45) is 2.32. The van der Waals surface area contributed by atoms with Gasteiger partial charge < -0.3 is 9.47 Å². The Morgan fingerprint density at radius 3 is 2.64 bits per heavy atom. The maximum atomic E-state index is 13.0. The van der Waals surface area contributed by atoms with Crippen molar-refractivity contribution >= 4 is 26.6 Å². The van der Waals surface area contributed by atoms with Gasteiger partial charge in [-0.1, -0.05) is 18.2 Å². The van der Waals surface area contributed by atoms with Crippen LogP contribution in [-0.4, -0.2) is 72.4 Å². The maximum absolute atomic E-state index is 13.0. The maximum Gasteiger partial charge on any atom is 0.227 e. The van der Waals surface area contributed by atoms with Crippen molar-refractivity contribution in [2.45, 2.75) is 18.5 Å². The molecule has 6 nitrogen and oxygen atoms in total. The zero-order valence-corrected chi connectivity index (χ0v) is 15.4. The Hall–Kier alpha value is -1.86. The molecular weight excluding hydrogens is 338 g/mol. The van der Waals surface area contributed by atoms with E-state index < -0.39 is 9.84 Å². The number of hydrogen-bond donors (Lipinski definition) is 0. The molecule has 2 aromatic rings. The van der Waals surface area contributed by atoms with Gasteiger partial charge in [0, 0.05) is 43.3 Å². The van der Waals surface area contributed by atoms with Crippen molar-refractivity contribution in [2.75, 3.05) is 31.6 Å². The summed E-state index contributed by atoms with van der Waals surface area (Å²) in [5.41, 5.74) is 2.10. The van der Waals surface area contributed by atoms with E-state index in [-0.39, 0.29) is 29.5 Å². The van der Waals surface area contributed by atoms with Gasteiger partial charge in [0.1, 0.15) is 0 Å². The fourth-order valence-electron chi connectivity index (χ4n) is 4.27. The lowest BCUT2D eigenvalue weighted by Gasteiger charge is -2.42. The van der Waals surface area contributed by atoms with Crippen molar-refractivity contribution in [1.82, 2.24) is 14.4 Å². The molecule has 0 unspecified atom stereocenters. The first-order valence-electron chi connectivity index (χ1n) is 8.59. The van der Waals surface area contributed by atoms with Crippen LogP contribution in [0.15, 0.2) is 30.5 Å². The molecular formula is C18H23N3O3S. The number of benzene rings is 1. The lowest BCUT2D eigenvalue weighted by Crippen LogP contribution is -2.59. The molecule has 2 atom stereocenters. The Morgan fingerprint density at radius 2 is 1.84 bits per heavy atom. The summed E-state index contributed by atoms with van der Waals surface area (Å²) in [4.78, 5) is 16.9. The molecule has 2 aliphatic rings. The molecule has 134 valence electrons. The van der Waals surface area contributed by atoms with Crippen LogP contribution in [0.3, 0.4) is 0 Å². The molecule has 1 amide bonds. The monoisotopic (exact) mass is 361 g/mol. The van der Waals surface area contributed by atoms with Gasteiger partial charge in [-0.25, -0.2) is 8.42 Å². The van der Waals surface area contributed by atoms with E-state index in [2.05, 4.69) is 4.90 Å². The number of carbonyl (C=O) groups excluding carboxylic acids is 1. The second-order valence-corrected chi connectivity index (χ2v) is 9.39. The highest BCUT2D eigenvalue weighted by atomic mass is 32.2. The number of sulfone groups is 1. The normalized spacial score (nSPS) is 26.1. The van der Waals surface area contributed by atoms with Crippen LogP contribution in [0, 0.1) is 0 Å². The predicted molar refractivity (Wildman–Crippen MR) is 97.2 cm³/mol. The van der Waals surface area contributed by atoms with E-state index in [4.69, 9.17) is 0 Å². The first kappa shape index (κ1) is 16.6. The van der Waals surface area contributed by atoms with E-state index in [0.29, 0.717) is 13.0 Å². The summed E-state index contributed by atoms with van der Waals surface area (Å²) in [5.74, 6) is 0.270. The van der Waals surface area contributed by atoms with Gasteiger partial charge in [0.05, 0.1) is 24.0 Å². The SMILES string of the molecule is CN1CCN(C(=O)Cc2cn(C)c3ccccc23)[C@H]2CS(=O)(=O)C[C@H]21. The van der Waals surface area contributed by atoms with Crippen molar-refractivity contribution in [2.24, 2.45) is 7.05 Å². The van der Waals surface area contributed by atoms with Crippen LogP contribution < -0.4 is 0 Å². The molecule has 2 fully saturated rings. The molecule has 0 saturated carbocycles. The molecule has 0 radical (unpaired) electrons. The lowest BCUT2D eigenvalue weighted by molar-refractivity contribution is -0.135. The topological polar surface area (TPSA) is 62.6 Å². The Balaban J connectivity index is 1.60. The number of nitrogens with zero attached hydrogens (tertiary/aromatic N) is 3. The van der Waals surface area contributed by atoms with Gasteiger partial charge in [0.15, 0.2) is 9.84 Å². The summed E-state index contributed by atoms with van der Waals surface area (Å²) in [6, 6.07) is 7.75. The quantitative estimate of drug-likeness (QED) is 0.788. The number of rotatable bonds is 2. The molecule has 0 bridgehead atoms. The number of aryl methyl sites for hydroxylation is 1. The first-order chi connectivity index (χ1) is 11.9. The largest absolute Gasteiger partial charge is 0.350 e. The van der Waals surface area contributed by atoms with Crippen LogP contribution in [-0.2, 0) is 28.1 Å². The van der Waals surface area contributed by atoms with Gasteiger partial charge in [-0.3, -0.25) is 9.69 Å². The second-order valence-electron chi connectivity index (χ2n) is 7.24. The van der Waals surface area contributed by atoms with Crippen molar-refractivity contribution in [1.29, 1.82) is 0 Å². The number of aromatic nitrogens is 1. The van der Waals surface area contributed by atoms with Crippen molar-refractivity contribution < 1.29 is 13.2 Å². The Labute approximate surface area is 147 Å². The number of para-hydroxylation sites is 1. The van der Waals surface area contributed by atoms with Crippen LogP contribution in [0.5, 0.6) is 0 Å². The molecule has 7 heteroatoms. The van der Waals surface area contributed by atoms with E-state index in [1.165, 1.54) is 0 Å². The second kappa shape index (κ2) is 5.85. The minimum absolute atomic E-state index is 0.0246. The Kier molecular flexibility index (Phi) is 3.88. The number of amides is 1. The highest BCUT2D eigenvalue weighted by Gasteiger charge is 2.46.